The van der Waals surface area contributed by atoms with Crippen molar-refractivity contribution >= 4 is 11.8 Å². The monoisotopic (exact) mass is 364 g/mol. The van der Waals surface area contributed by atoms with Crippen molar-refractivity contribution in [3.63, 3.8) is 0 Å². The van der Waals surface area contributed by atoms with Gasteiger partial charge in [0.15, 0.2) is 0 Å². The highest BCUT2D eigenvalue weighted by atomic mass is 16.2. The van der Waals surface area contributed by atoms with Gasteiger partial charge in [0.2, 0.25) is 5.91 Å². The van der Waals surface area contributed by atoms with Crippen LogP contribution in [-0.4, -0.2) is 36.3 Å². The van der Waals surface area contributed by atoms with E-state index in [1.165, 1.54) is 5.56 Å². The highest BCUT2D eigenvalue weighted by Crippen LogP contribution is 2.34. The molecule has 4 heteroatoms. The molecule has 142 valence electrons. The molecule has 1 N–H and O–H groups in total. The van der Waals surface area contributed by atoms with E-state index in [9.17, 15) is 9.59 Å². The molecule has 2 unspecified atom stereocenters. The summed E-state index contributed by atoms with van der Waals surface area (Å²) in [5.41, 5.74) is 2.99. The van der Waals surface area contributed by atoms with Crippen LogP contribution in [0.2, 0.25) is 0 Å². The first-order valence-electron chi connectivity index (χ1n) is 9.78. The zero-order valence-electron chi connectivity index (χ0n) is 16.2. The number of rotatable bonds is 6. The molecule has 0 bridgehead atoms. The maximum atomic E-state index is 12.9. The number of likely N-dealkylation sites (tertiary alicyclic amines) is 1. The second-order valence-corrected chi connectivity index (χ2v) is 7.34. The number of benzene rings is 2. The molecule has 1 fully saturated rings. The Hall–Kier alpha value is -2.62. The van der Waals surface area contributed by atoms with Gasteiger partial charge in [-0.05, 0) is 31.0 Å². The van der Waals surface area contributed by atoms with Crippen molar-refractivity contribution in [1.82, 2.24) is 10.2 Å². The first kappa shape index (κ1) is 19.2. The fourth-order valence-corrected chi connectivity index (χ4v) is 3.67. The van der Waals surface area contributed by atoms with Crippen molar-refractivity contribution in [2.24, 2.45) is 5.92 Å². The molecule has 4 nitrogen and oxygen atoms in total. The smallest absolute Gasteiger partial charge is 0.253 e. The molecule has 1 aliphatic rings. The first-order valence-corrected chi connectivity index (χ1v) is 9.78. The molecule has 1 aliphatic heterocycles. The van der Waals surface area contributed by atoms with Gasteiger partial charge in [0.05, 0.1) is 5.92 Å². The molecule has 2 aromatic rings. The van der Waals surface area contributed by atoms with Gasteiger partial charge >= 0.3 is 0 Å². The fourth-order valence-electron chi connectivity index (χ4n) is 3.67. The predicted molar refractivity (Wildman–Crippen MR) is 108 cm³/mol. The van der Waals surface area contributed by atoms with E-state index in [0.29, 0.717) is 25.2 Å². The summed E-state index contributed by atoms with van der Waals surface area (Å²) in [5, 5.41) is 3.06. The van der Waals surface area contributed by atoms with Gasteiger partial charge in [-0.3, -0.25) is 9.59 Å². The summed E-state index contributed by atoms with van der Waals surface area (Å²) in [6.45, 7) is 5.89. The molecule has 0 saturated carbocycles. The molecule has 2 atom stereocenters. The normalized spacial score (nSPS) is 19.1. The molecular weight excluding hydrogens is 336 g/mol. The van der Waals surface area contributed by atoms with E-state index in [0.717, 1.165) is 18.4 Å². The van der Waals surface area contributed by atoms with Gasteiger partial charge in [-0.2, -0.15) is 0 Å². The van der Waals surface area contributed by atoms with Crippen LogP contribution >= 0.6 is 0 Å². The molecule has 2 aromatic carbocycles. The minimum atomic E-state index is -0.211. The molecule has 0 spiro atoms. The fraction of sp³-hybridized carbons (Fsp3) is 0.391. The molecule has 0 aliphatic carbocycles. The molecule has 1 heterocycles. The lowest BCUT2D eigenvalue weighted by molar-refractivity contribution is -0.124. The van der Waals surface area contributed by atoms with Gasteiger partial charge in [0.1, 0.15) is 0 Å². The molecule has 0 radical (unpaired) electrons. The lowest BCUT2D eigenvalue weighted by Gasteiger charge is -2.18. The number of nitrogens with one attached hydrogen (secondary N) is 1. The van der Waals surface area contributed by atoms with Gasteiger partial charge in [-0.25, -0.2) is 0 Å². The van der Waals surface area contributed by atoms with Crippen molar-refractivity contribution in [3.05, 3.63) is 71.3 Å². The molecule has 3 rings (SSSR count). The quantitative estimate of drug-likeness (QED) is 0.793. The van der Waals surface area contributed by atoms with Crippen LogP contribution in [0.15, 0.2) is 54.6 Å². The second-order valence-electron chi connectivity index (χ2n) is 7.34. The summed E-state index contributed by atoms with van der Waals surface area (Å²) in [7, 11) is 0. The van der Waals surface area contributed by atoms with E-state index < -0.39 is 0 Å². The van der Waals surface area contributed by atoms with E-state index in [1.54, 1.807) is 0 Å². The van der Waals surface area contributed by atoms with Crippen molar-refractivity contribution in [2.45, 2.75) is 32.6 Å². The molecule has 27 heavy (non-hydrogen) atoms. The van der Waals surface area contributed by atoms with Crippen LogP contribution in [0.5, 0.6) is 0 Å². The van der Waals surface area contributed by atoms with Crippen LogP contribution in [0.3, 0.4) is 0 Å². The van der Waals surface area contributed by atoms with Crippen molar-refractivity contribution in [2.75, 3.05) is 19.6 Å². The Morgan fingerprint density at radius 1 is 1.04 bits per heavy atom. The van der Waals surface area contributed by atoms with E-state index in [4.69, 9.17) is 0 Å². The third-order valence-electron chi connectivity index (χ3n) is 5.30. The number of carbonyl (C=O) groups is 2. The van der Waals surface area contributed by atoms with Gasteiger partial charge < -0.3 is 10.2 Å². The number of unbranched alkanes of at least 4 members (excludes halogenated alkanes) is 1. The average molecular weight is 364 g/mol. The minimum absolute atomic E-state index is 0.00318. The Morgan fingerprint density at radius 2 is 1.74 bits per heavy atom. The van der Waals surface area contributed by atoms with Crippen LogP contribution in [0.4, 0.5) is 0 Å². The summed E-state index contributed by atoms with van der Waals surface area (Å²) in [4.78, 5) is 27.6. The Balaban J connectivity index is 1.80. The van der Waals surface area contributed by atoms with Gasteiger partial charge in [-0.15, -0.1) is 0 Å². The largest absolute Gasteiger partial charge is 0.356 e. The molecule has 1 saturated heterocycles. The maximum absolute atomic E-state index is 12.9. The third kappa shape index (κ3) is 4.57. The zero-order chi connectivity index (χ0) is 19.2. The number of aryl methyl sites for hydroxylation is 1. The highest BCUT2D eigenvalue weighted by molar-refractivity contribution is 5.95. The number of hydrogen-bond acceptors (Lipinski definition) is 2. The Bertz CT molecular complexity index is 771. The zero-order valence-corrected chi connectivity index (χ0v) is 16.2. The number of nitrogens with zero attached hydrogens (tertiary/aromatic N) is 1. The van der Waals surface area contributed by atoms with Gasteiger partial charge in [0.25, 0.3) is 5.91 Å². The van der Waals surface area contributed by atoms with Crippen LogP contribution in [0, 0.1) is 12.8 Å². The lowest BCUT2D eigenvalue weighted by Crippen LogP contribution is -2.36. The molecule has 0 aromatic heterocycles. The summed E-state index contributed by atoms with van der Waals surface area (Å²) in [5.74, 6) is -0.133. The first-order chi connectivity index (χ1) is 13.1. The number of carbonyl (C=O) groups excluding carboxylic acids is 2. The lowest BCUT2D eigenvalue weighted by atomic mass is 9.88. The van der Waals surface area contributed by atoms with Gasteiger partial charge in [-0.1, -0.05) is 61.4 Å². The number of hydrogen-bond donors (Lipinski definition) is 1. The second kappa shape index (κ2) is 8.85. The topological polar surface area (TPSA) is 49.4 Å². The van der Waals surface area contributed by atoms with E-state index in [-0.39, 0.29) is 23.7 Å². The summed E-state index contributed by atoms with van der Waals surface area (Å²) >= 11 is 0. The summed E-state index contributed by atoms with van der Waals surface area (Å²) < 4.78 is 0. The SMILES string of the molecule is CCCCNC(=O)C1CN(C(=O)c2ccccc2)CC1c1ccc(C)cc1. The van der Waals surface area contributed by atoms with Crippen molar-refractivity contribution in [1.29, 1.82) is 0 Å². The standard InChI is InChI=1S/C23H28N2O2/c1-3-4-14-24-22(26)21-16-25(23(27)19-8-6-5-7-9-19)15-20(21)18-12-10-17(2)11-13-18/h5-13,20-21H,3-4,14-16H2,1-2H3,(H,24,26). The summed E-state index contributed by atoms with van der Waals surface area (Å²) in [6.07, 6.45) is 2.02. The Labute approximate surface area is 161 Å². The third-order valence-corrected chi connectivity index (χ3v) is 5.30. The highest BCUT2D eigenvalue weighted by Gasteiger charge is 2.40. The summed E-state index contributed by atoms with van der Waals surface area (Å²) in [6, 6.07) is 17.6. The van der Waals surface area contributed by atoms with Crippen molar-refractivity contribution < 1.29 is 9.59 Å². The van der Waals surface area contributed by atoms with Gasteiger partial charge in [0, 0.05) is 31.1 Å². The van der Waals surface area contributed by atoms with E-state index in [2.05, 4.69) is 43.4 Å². The Morgan fingerprint density at radius 3 is 2.41 bits per heavy atom. The van der Waals surface area contributed by atoms with Crippen LogP contribution in [0.1, 0.15) is 47.2 Å². The molecule has 2 amide bonds. The predicted octanol–water partition coefficient (Wildman–Crippen LogP) is 3.77. The van der Waals surface area contributed by atoms with E-state index in [1.807, 2.05) is 35.2 Å². The molecular formula is C23H28N2O2. The average Bonchev–Trinajstić information content (AvgIpc) is 3.14. The van der Waals surface area contributed by atoms with Crippen LogP contribution in [0.25, 0.3) is 0 Å². The maximum Gasteiger partial charge on any atom is 0.253 e. The van der Waals surface area contributed by atoms with Crippen LogP contribution in [-0.2, 0) is 4.79 Å². The number of amides is 2. The van der Waals surface area contributed by atoms with Crippen molar-refractivity contribution in [3.8, 4) is 0 Å². The van der Waals surface area contributed by atoms with E-state index >= 15 is 0 Å². The minimum Gasteiger partial charge on any atom is -0.356 e. The Kier molecular flexibility index (Phi) is 6.28. The van der Waals surface area contributed by atoms with Crippen LogP contribution < -0.4 is 5.32 Å².